The van der Waals surface area contributed by atoms with Gasteiger partial charge in [-0.3, -0.25) is 4.79 Å². The Bertz CT molecular complexity index is 258. The van der Waals surface area contributed by atoms with Gasteiger partial charge >= 0.3 is 0 Å². The summed E-state index contributed by atoms with van der Waals surface area (Å²) in [6.45, 7) is 5.61. The van der Waals surface area contributed by atoms with Crippen molar-refractivity contribution in [3.05, 3.63) is 0 Å². The largest absolute Gasteiger partial charge is 0.356 e. The van der Waals surface area contributed by atoms with E-state index in [4.69, 9.17) is 0 Å². The van der Waals surface area contributed by atoms with Gasteiger partial charge in [0, 0.05) is 19.0 Å². The molecule has 2 heterocycles. The highest BCUT2D eigenvalue weighted by Gasteiger charge is 2.14. The molecule has 0 aliphatic carbocycles. The Kier molecular flexibility index (Phi) is 6.65. The average molecular weight is 267 g/mol. The number of nitrogens with one attached hydrogen (secondary N) is 2. The Morgan fingerprint density at radius 2 is 2.05 bits per heavy atom. The van der Waals surface area contributed by atoms with Gasteiger partial charge in [-0.25, -0.2) is 0 Å². The molecule has 1 amide bonds. The van der Waals surface area contributed by atoms with Gasteiger partial charge in [-0.05, 0) is 64.7 Å². The summed E-state index contributed by atoms with van der Waals surface area (Å²) in [5.41, 5.74) is 0. The first-order chi connectivity index (χ1) is 9.34. The molecule has 1 atom stereocenters. The zero-order chi connectivity index (χ0) is 13.3. The Balaban J connectivity index is 1.45. The summed E-state index contributed by atoms with van der Waals surface area (Å²) in [5.74, 6) is 0.230. The van der Waals surface area contributed by atoms with Crippen LogP contribution in [0.5, 0.6) is 0 Å². The van der Waals surface area contributed by atoms with Crippen LogP contribution >= 0.6 is 0 Å². The minimum atomic E-state index is 0.230. The van der Waals surface area contributed by atoms with E-state index in [0.717, 1.165) is 32.5 Å². The van der Waals surface area contributed by atoms with Gasteiger partial charge in [-0.1, -0.05) is 6.42 Å². The molecular formula is C15H29N3O. The van der Waals surface area contributed by atoms with Crippen molar-refractivity contribution in [2.45, 2.75) is 57.4 Å². The number of hydrogen-bond acceptors (Lipinski definition) is 3. The van der Waals surface area contributed by atoms with Crippen LogP contribution in [0, 0.1) is 0 Å². The standard InChI is InChI=1S/C15H29N3O/c19-15(8-7-14-6-1-2-9-16-14)17-10-5-13-18-11-3-4-12-18/h14,16H,1-13H2,(H,17,19). The molecule has 0 saturated carbocycles. The summed E-state index contributed by atoms with van der Waals surface area (Å²) < 4.78 is 0. The van der Waals surface area contributed by atoms with Crippen molar-refractivity contribution in [3.63, 3.8) is 0 Å². The number of carbonyl (C=O) groups excluding carboxylic acids is 1. The smallest absolute Gasteiger partial charge is 0.220 e. The van der Waals surface area contributed by atoms with Crippen molar-refractivity contribution in [1.82, 2.24) is 15.5 Å². The van der Waals surface area contributed by atoms with Crippen molar-refractivity contribution in [1.29, 1.82) is 0 Å². The number of rotatable bonds is 7. The summed E-state index contributed by atoms with van der Waals surface area (Å²) in [6, 6.07) is 0.573. The molecule has 2 aliphatic heterocycles. The number of likely N-dealkylation sites (tertiary alicyclic amines) is 1. The first-order valence-electron chi connectivity index (χ1n) is 8.07. The molecular weight excluding hydrogens is 238 g/mol. The second kappa shape index (κ2) is 8.54. The van der Waals surface area contributed by atoms with Crippen molar-refractivity contribution in [2.75, 3.05) is 32.7 Å². The van der Waals surface area contributed by atoms with Gasteiger partial charge in [0.15, 0.2) is 0 Å². The lowest BCUT2D eigenvalue weighted by Gasteiger charge is -2.23. The number of carbonyl (C=O) groups is 1. The lowest BCUT2D eigenvalue weighted by Crippen LogP contribution is -2.35. The molecule has 0 spiro atoms. The zero-order valence-corrected chi connectivity index (χ0v) is 12.1. The maximum atomic E-state index is 11.7. The summed E-state index contributed by atoms with van der Waals surface area (Å²) in [7, 11) is 0. The van der Waals surface area contributed by atoms with Gasteiger partial charge in [-0.15, -0.1) is 0 Å². The molecule has 110 valence electrons. The van der Waals surface area contributed by atoms with Crippen molar-refractivity contribution < 1.29 is 4.79 Å². The fourth-order valence-electron chi connectivity index (χ4n) is 3.10. The van der Waals surface area contributed by atoms with Gasteiger partial charge in [0.1, 0.15) is 0 Å². The average Bonchev–Trinajstić information content (AvgIpc) is 2.96. The van der Waals surface area contributed by atoms with E-state index in [1.54, 1.807) is 0 Å². The van der Waals surface area contributed by atoms with Gasteiger partial charge in [0.25, 0.3) is 0 Å². The van der Waals surface area contributed by atoms with E-state index >= 15 is 0 Å². The van der Waals surface area contributed by atoms with Crippen LogP contribution in [0.25, 0.3) is 0 Å². The van der Waals surface area contributed by atoms with Crippen LogP contribution in [0.2, 0.25) is 0 Å². The first kappa shape index (κ1) is 14.8. The van der Waals surface area contributed by atoms with Gasteiger partial charge < -0.3 is 15.5 Å². The highest BCUT2D eigenvalue weighted by Crippen LogP contribution is 2.11. The summed E-state index contributed by atoms with van der Waals surface area (Å²) in [5, 5.41) is 6.54. The van der Waals surface area contributed by atoms with E-state index in [2.05, 4.69) is 15.5 Å². The van der Waals surface area contributed by atoms with Crippen molar-refractivity contribution in [2.24, 2.45) is 0 Å². The third-order valence-corrected chi connectivity index (χ3v) is 4.30. The number of hydrogen-bond donors (Lipinski definition) is 2. The van der Waals surface area contributed by atoms with E-state index in [-0.39, 0.29) is 5.91 Å². The minimum Gasteiger partial charge on any atom is -0.356 e. The number of amides is 1. The fraction of sp³-hybridized carbons (Fsp3) is 0.933. The predicted octanol–water partition coefficient (Wildman–Crippen LogP) is 1.51. The zero-order valence-electron chi connectivity index (χ0n) is 12.1. The van der Waals surface area contributed by atoms with Crippen LogP contribution in [-0.2, 0) is 4.79 Å². The molecule has 2 rings (SSSR count). The molecule has 2 N–H and O–H groups in total. The van der Waals surface area contributed by atoms with Crippen LogP contribution < -0.4 is 10.6 Å². The Hall–Kier alpha value is -0.610. The number of piperidine rings is 1. The Morgan fingerprint density at radius 3 is 2.79 bits per heavy atom. The van der Waals surface area contributed by atoms with E-state index in [1.807, 2.05) is 0 Å². The van der Waals surface area contributed by atoms with Crippen molar-refractivity contribution in [3.8, 4) is 0 Å². The third kappa shape index (κ3) is 5.91. The van der Waals surface area contributed by atoms with Crippen LogP contribution in [0.15, 0.2) is 0 Å². The van der Waals surface area contributed by atoms with Crippen LogP contribution in [0.3, 0.4) is 0 Å². The van der Waals surface area contributed by atoms with Gasteiger partial charge in [0.05, 0.1) is 0 Å². The highest BCUT2D eigenvalue weighted by molar-refractivity contribution is 5.75. The normalized spacial score (nSPS) is 24.5. The van der Waals surface area contributed by atoms with E-state index < -0.39 is 0 Å². The maximum Gasteiger partial charge on any atom is 0.220 e. The SMILES string of the molecule is O=C(CCC1CCCCN1)NCCCN1CCCC1. The van der Waals surface area contributed by atoms with Crippen molar-refractivity contribution >= 4 is 5.91 Å². The Morgan fingerprint density at radius 1 is 1.21 bits per heavy atom. The topological polar surface area (TPSA) is 44.4 Å². The second-order valence-electron chi connectivity index (χ2n) is 5.94. The van der Waals surface area contributed by atoms with Crippen LogP contribution in [0.4, 0.5) is 0 Å². The molecule has 4 heteroatoms. The fourth-order valence-corrected chi connectivity index (χ4v) is 3.10. The second-order valence-corrected chi connectivity index (χ2v) is 5.94. The molecule has 1 unspecified atom stereocenters. The van der Waals surface area contributed by atoms with E-state index in [9.17, 15) is 4.79 Å². The first-order valence-corrected chi connectivity index (χ1v) is 8.07. The molecule has 0 aromatic heterocycles. The summed E-state index contributed by atoms with van der Waals surface area (Å²) in [4.78, 5) is 14.2. The molecule has 0 bridgehead atoms. The summed E-state index contributed by atoms with van der Waals surface area (Å²) in [6.07, 6.45) is 9.31. The molecule has 0 aromatic carbocycles. The monoisotopic (exact) mass is 267 g/mol. The lowest BCUT2D eigenvalue weighted by molar-refractivity contribution is -0.121. The highest BCUT2D eigenvalue weighted by atomic mass is 16.1. The molecule has 2 aliphatic rings. The molecule has 2 fully saturated rings. The number of nitrogens with zero attached hydrogens (tertiary/aromatic N) is 1. The molecule has 19 heavy (non-hydrogen) atoms. The third-order valence-electron chi connectivity index (χ3n) is 4.30. The summed E-state index contributed by atoms with van der Waals surface area (Å²) >= 11 is 0. The maximum absolute atomic E-state index is 11.7. The molecule has 0 aromatic rings. The molecule has 4 nitrogen and oxygen atoms in total. The van der Waals surface area contributed by atoms with Gasteiger partial charge in [0.2, 0.25) is 5.91 Å². The van der Waals surface area contributed by atoms with E-state index in [0.29, 0.717) is 12.5 Å². The van der Waals surface area contributed by atoms with Gasteiger partial charge in [-0.2, -0.15) is 0 Å². The Labute approximate surface area is 117 Å². The minimum absolute atomic E-state index is 0.230. The van der Waals surface area contributed by atoms with Crippen LogP contribution in [0.1, 0.15) is 51.4 Å². The van der Waals surface area contributed by atoms with Crippen LogP contribution in [-0.4, -0.2) is 49.6 Å². The molecule has 0 radical (unpaired) electrons. The quantitative estimate of drug-likeness (QED) is 0.687. The van der Waals surface area contributed by atoms with E-state index in [1.165, 1.54) is 45.2 Å². The lowest BCUT2D eigenvalue weighted by atomic mass is 10.0. The molecule has 2 saturated heterocycles. The predicted molar refractivity (Wildman–Crippen MR) is 78.2 cm³/mol.